The second-order valence-electron chi connectivity index (χ2n) is 4.47. The highest BCUT2D eigenvalue weighted by molar-refractivity contribution is 5.93. The first-order valence-electron chi connectivity index (χ1n) is 6.48. The monoisotopic (exact) mass is 290 g/mol. The van der Waals surface area contributed by atoms with Crippen LogP contribution >= 0.6 is 0 Å². The highest BCUT2D eigenvalue weighted by Crippen LogP contribution is 2.20. The number of aliphatic hydroxyl groups is 1. The summed E-state index contributed by atoms with van der Waals surface area (Å²) in [6.07, 6.45) is 0. The van der Waals surface area contributed by atoms with Gasteiger partial charge in [-0.15, -0.1) is 0 Å². The van der Waals surface area contributed by atoms with Crippen LogP contribution in [0.15, 0.2) is 30.3 Å². The average molecular weight is 290 g/mol. The molecule has 0 aliphatic carbocycles. The van der Waals surface area contributed by atoms with Gasteiger partial charge in [0.1, 0.15) is 17.3 Å². The van der Waals surface area contributed by atoms with Gasteiger partial charge in [0, 0.05) is 24.7 Å². The zero-order valence-corrected chi connectivity index (χ0v) is 11.7. The van der Waals surface area contributed by atoms with Crippen molar-refractivity contribution in [3.8, 4) is 5.75 Å². The molecule has 1 amide bonds. The minimum Gasteiger partial charge on any atom is -0.496 e. The van der Waals surface area contributed by atoms with Gasteiger partial charge in [0.25, 0.3) is 5.91 Å². The minimum absolute atomic E-state index is 0.134. The van der Waals surface area contributed by atoms with Crippen LogP contribution in [0.4, 0.5) is 5.82 Å². The third-order valence-electron chi connectivity index (χ3n) is 3.04. The number of carbonyl (C=O) groups is 1. The zero-order valence-electron chi connectivity index (χ0n) is 11.7. The van der Waals surface area contributed by atoms with Crippen LogP contribution in [0.5, 0.6) is 5.75 Å². The summed E-state index contributed by atoms with van der Waals surface area (Å²) in [6.45, 7) is 0.392. The summed E-state index contributed by atoms with van der Waals surface area (Å²) < 4.78 is 5.27. The zero-order chi connectivity index (χ0) is 15.2. The number of ether oxygens (including phenoxy) is 1. The van der Waals surface area contributed by atoms with E-state index in [0.29, 0.717) is 12.3 Å². The summed E-state index contributed by atoms with van der Waals surface area (Å²) >= 11 is 0. The van der Waals surface area contributed by atoms with Crippen LogP contribution in [0.25, 0.3) is 0 Å². The summed E-state index contributed by atoms with van der Waals surface area (Å²) in [6, 6.07) is 8.89. The van der Waals surface area contributed by atoms with E-state index < -0.39 is 0 Å². The number of nitrogens with zero attached hydrogens (tertiary/aromatic N) is 2. The van der Waals surface area contributed by atoms with E-state index >= 15 is 0 Å². The highest BCUT2D eigenvalue weighted by Gasteiger charge is 2.19. The van der Waals surface area contributed by atoms with Crippen LogP contribution in [-0.2, 0) is 6.54 Å². The molecule has 0 saturated heterocycles. The van der Waals surface area contributed by atoms with Crippen LogP contribution < -0.4 is 10.5 Å². The van der Waals surface area contributed by atoms with Crippen molar-refractivity contribution in [3.05, 3.63) is 41.6 Å². The number of hydrogen-bond acceptors (Lipinski definition) is 5. The Morgan fingerprint density at radius 1 is 1.48 bits per heavy atom. The molecule has 1 aromatic carbocycles. The Hall–Kier alpha value is -2.54. The summed E-state index contributed by atoms with van der Waals surface area (Å²) in [5, 5.41) is 15.5. The Labute approximate surface area is 122 Å². The fourth-order valence-electron chi connectivity index (χ4n) is 2.03. The Kier molecular flexibility index (Phi) is 4.78. The molecular formula is C14H18N4O3. The number of nitrogens with two attached hydrogens (primary N) is 1. The SMILES string of the molecule is COc1ccccc1CN(CCO)C(=O)c1cc(N)n[nH]1. The van der Waals surface area contributed by atoms with Gasteiger partial charge in [0.15, 0.2) is 0 Å². The number of aromatic amines is 1. The molecule has 1 aromatic heterocycles. The number of anilines is 1. The molecule has 7 nitrogen and oxygen atoms in total. The van der Waals surface area contributed by atoms with E-state index in [4.69, 9.17) is 15.6 Å². The second kappa shape index (κ2) is 6.76. The number of carbonyl (C=O) groups excluding carboxylic acids is 1. The fourth-order valence-corrected chi connectivity index (χ4v) is 2.03. The molecule has 1 heterocycles. The minimum atomic E-state index is -0.279. The van der Waals surface area contributed by atoms with Crippen molar-refractivity contribution >= 4 is 11.7 Å². The number of hydrogen-bond donors (Lipinski definition) is 3. The lowest BCUT2D eigenvalue weighted by Gasteiger charge is -2.22. The van der Waals surface area contributed by atoms with Crippen LogP contribution in [0, 0.1) is 0 Å². The molecule has 0 radical (unpaired) electrons. The first-order chi connectivity index (χ1) is 10.2. The van der Waals surface area contributed by atoms with Crippen LogP contribution in [0.3, 0.4) is 0 Å². The Balaban J connectivity index is 2.21. The molecule has 0 aliphatic heterocycles. The molecule has 0 saturated carbocycles. The number of aromatic nitrogens is 2. The number of benzene rings is 1. The number of amides is 1. The molecule has 0 bridgehead atoms. The third kappa shape index (κ3) is 3.51. The molecular weight excluding hydrogens is 272 g/mol. The molecule has 4 N–H and O–H groups in total. The largest absolute Gasteiger partial charge is 0.496 e. The third-order valence-corrected chi connectivity index (χ3v) is 3.04. The van der Waals surface area contributed by atoms with Gasteiger partial charge in [-0.05, 0) is 6.07 Å². The number of nitrogen functional groups attached to an aromatic ring is 1. The lowest BCUT2D eigenvalue weighted by atomic mass is 10.2. The summed E-state index contributed by atoms with van der Waals surface area (Å²) in [4.78, 5) is 13.9. The van der Waals surface area contributed by atoms with Crippen molar-refractivity contribution in [1.82, 2.24) is 15.1 Å². The van der Waals surface area contributed by atoms with Gasteiger partial charge in [-0.25, -0.2) is 0 Å². The number of aliphatic hydroxyl groups excluding tert-OH is 1. The lowest BCUT2D eigenvalue weighted by molar-refractivity contribution is 0.0700. The van der Waals surface area contributed by atoms with Gasteiger partial charge in [-0.2, -0.15) is 5.10 Å². The van der Waals surface area contributed by atoms with Gasteiger partial charge in [-0.3, -0.25) is 9.89 Å². The standard InChI is InChI=1S/C14H18N4O3/c1-21-12-5-3-2-4-10(12)9-18(6-7-19)14(20)11-8-13(15)17-16-11/h2-5,8,19H,6-7,9H2,1H3,(H3,15,16,17). The van der Waals surface area contributed by atoms with Gasteiger partial charge >= 0.3 is 0 Å². The maximum Gasteiger partial charge on any atom is 0.272 e. The van der Waals surface area contributed by atoms with E-state index in [1.165, 1.54) is 11.0 Å². The van der Waals surface area contributed by atoms with E-state index in [1.807, 2.05) is 24.3 Å². The Morgan fingerprint density at radius 2 is 2.24 bits per heavy atom. The second-order valence-corrected chi connectivity index (χ2v) is 4.47. The smallest absolute Gasteiger partial charge is 0.272 e. The number of rotatable bonds is 6. The molecule has 2 aromatic rings. The van der Waals surface area contributed by atoms with Crippen molar-refractivity contribution < 1.29 is 14.6 Å². The van der Waals surface area contributed by atoms with Gasteiger partial charge < -0.3 is 20.5 Å². The first kappa shape index (κ1) is 14.9. The Morgan fingerprint density at radius 3 is 2.86 bits per heavy atom. The molecule has 0 spiro atoms. The van der Waals surface area contributed by atoms with Crippen LogP contribution in [-0.4, -0.2) is 46.4 Å². The van der Waals surface area contributed by atoms with Crippen molar-refractivity contribution in [1.29, 1.82) is 0 Å². The van der Waals surface area contributed by atoms with E-state index in [1.54, 1.807) is 7.11 Å². The van der Waals surface area contributed by atoms with E-state index in [-0.39, 0.29) is 30.6 Å². The fraction of sp³-hybridized carbons (Fsp3) is 0.286. The van der Waals surface area contributed by atoms with Crippen molar-refractivity contribution in [2.24, 2.45) is 0 Å². The number of para-hydroxylation sites is 1. The molecule has 2 rings (SSSR count). The van der Waals surface area contributed by atoms with Gasteiger partial charge in [0.05, 0.1) is 13.7 Å². The van der Waals surface area contributed by atoms with Crippen LogP contribution in [0.2, 0.25) is 0 Å². The van der Waals surface area contributed by atoms with E-state index in [2.05, 4.69) is 10.2 Å². The predicted octanol–water partition coefficient (Wildman–Crippen LogP) is 0.635. The average Bonchev–Trinajstić information content (AvgIpc) is 2.93. The lowest BCUT2D eigenvalue weighted by Crippen LogP contribution is -2.33. The Bertz CT molecular complexity index is 612. The predicted molar refractivity (Wildman–Crippen MR) is 77.8 cm³/mol. The molecule has 0 aliphatic rings. The number of H-pyrrole nitrogens is 1. The summed E-state index contributed by atoms with van der Waals surface area (Å²) in [7, 11) is 1.58. The van der Waals surface area contributed by atoms with Crippen molar-refractivity contribution in [2.45, 2.75) is 6.54 Å². The maximum absolute atomic E-state index is 12.4. The molecule has 0 unspecified atom stereocenters. The van der Waals surface area contributed by atoms with E-state index in [9.17, 15) is 4.79 Å². The quantitative estimate of drug-likeness (QED) is 0.724. The van der Waals surface area contributed by atoms with Crippen LogP contribution in [0.1, 0.15) is 16.1 Å². The molecule has 0 atom stereocenters. The molecule has 0 fully saturated rings. The van der Waals surface area contributed by atoms with Gasteiger partial charge in [-0.1, -0.05) is 18.2 Å². The van der Waals surface area contributed by atoms with Gasteiger partial charge in [0.2, 0.25) is 0 Å². The normalized spacial score (nSPS) is 10.4. The summed E-state index contributed by atoms with van der Waals surface area (Å²) in [5.41, 5.74) is 6.65. The number of nitrogens with one attached hydrogen (secondary N) is 1. The topological polar surface area (TPSA) is 104 Å². The van der Waals surface area contributed by atoms with Crippen molar-refractivity contribution in [3.63, 3.8) is 0 Å². The molecule has 7 heteroatoms. The van der Waals surface area contributed by atoms with Crippen molar-refractivity contribution in [2.75, 3.05) is 26.0 Å². The highest BCUT2D eigenvalue weighted by atomic mass is 16.5. The summed E-state index contributed by atoms with van der Waals surface area (Å²) in [5.74, 6) is 0.663. The molecule has 21 heavy (non-hydrogen) atoms. The number of methoxy groups -OCH3 is 1. The van der Waals surface area contributed by atoms with E-state index in [0.717, 1.165) is 5.56 Å². The first-order valence-corrected chi connectivity index (χ1v) is 6.48. The maximum atomic E-state index is 12.4. The molecule has 112 valence electrons.